The van der Waals surface area contributed by atoms with Crippen LogP contribution in [0, 0.1) is 0 Å². The molecule has 3 nitrogen and oxygen atoms in total. The van der Waals surface area contributed by atoms with Crippen molar-refractivity contribution >= 4 is 0 Å². The third-order valence-electron chi connectivity index (χ3n) is 4.92. The Kier molecular flexibility index (Phi) is 3.50. The van der Waals surface area contributed by atoms with E-state index in [-0.39, 0.29) is 11.6 Å². The van der Waals surface area contributed by atoms with Gasteiger partial charge in [-0.2, -0.15) is 0 Å². The Labute approximate surface area is 115 Å². The summed E-state index contributed by atoms with van der Waals surface area (Å²) in [6.07, 6.45) is 6.41. The maximum absolute atomic E-state index is 6.05. The molecule has 1 fully saturated rings. The predicted molar refractivity (Wildman–Crippen MR) is 77.4 cm³/mol. The van der Waals surface area contributed by atoms with Crippen molar-refractivity contribution in [3.05, 3.63) is 29.8 Å². The number of nitrogens with zero attached hydrogens (tertiary/aromatic N) is 1. The Morgan fingerprint density at radius 2 is 2.05 bits per heavy atom. The summed E-state index contributed by atoms with van der Waals surface area (Å²) < 4.78 is 6.04. The number of ether oxygens (including phenoxy) is 1. The van der Waals surface area contributed by atoms with Gasteiger partial charge in [-0.25, -0.2) is 0 Å². The minimum Gasteiger partial charge on any atom is -0.488 e. The van der Waals surface area contributed by atoms with Gasteiger partial charge >= 0.3 is 0 Å². The summed E-state index contributed by atoms with van der Waals surface area (Å²) in [6.45, 7) is 1.75. The fourth-order valence-corrected chi connectivity index (χ4v) is 3.63. The Hall–Kier alpha value is -1.06. The average molecular weight is 260 g/mol. The summed E-state index contributed by atoms with van der Waals surface area (Å²) in [5.41, 5.74) is 7.61. The molecule has 1 saturated carbocycles. The molecule has 3 rings (SSSR count). The van der Waals surface area contributed by atoms with Crippen LogP contribution in [0.2, 0.25) is 0 Å². The van der Waals surface area contributed by atoms with Crippen molar-refractivity contribution in [3.8, 4) is 5.75 Å². The van der Waals surface area contributed by atoms with E-state index < -0.39 is 0 Å². The highest BCUT2D eigenvalue weighted by Gasteiger charge is 2.38. The first-order valence-corrected chi connectivity index (χ1v) is 7.39. The van der Waals surface area contributed by atoms with Gasteiger partial charge in [-0.1, -0.05) is 31.0 Å². The standard InChI is InChI=1S/C16H24N2O/c1-18(16(12-17)8-4-5-9-16)11-14-10-13-6-2-3-7-15(13)19-14/h2-3,6-7,14H,4-5,8-12,17H2,1H3. The predicted octanol–water partition coefficient (Wildman–Crippen LogP) is 2.19. The summed E-state index contributed by atoms with van der Waals surface area (Å²) in [4.78, 5) is 2.45. The first kappa shape index (κ1) is 12.9. The highest BCUT2D eigenvalue weighted by Crippen LogP contribution is 2.35. The van der Waals surface area contributed by atoms with Gasteiger partial charge in [-0.05, 0) is 31.5 Å². The van der Waals surface area contributed by atoms with E-state index in [2.05, 4.69) is 30.1 Å². The average Bonchev–Trinajstić information content (AvgIpc) is 3.05. The van der Waals surface area contributed by atoms with Crippen molar-refractivity contribution in [1.82, 2.24) is 4.90 Å². The van der Waals surface area contributed by atoms with E-state index in [4.69, 9.17) is 10.5 Å². The molecule has 1 aliphatic carbocycles. The molecule has 0 spiro atoms. The lowest BCUT2D eigenvalue weighted by atomic mass is 9.95. The highest BCUT2D eigenvalue weighted by atomic mass is 16.5. The van der Waals surface area contributed by atoms with Gasteiger partial charge in [0.15, 0.2) is 0 Å². The third kappa shape index (κ3) is 2.37. The Balaban J connectivity index is 1.64. The number of likely N-dealkylation sites (N-methyl/N-ethyl adjacent to an activating group) is 1. The molecule has 0 radical (unpaired) electrons. The van der Waals surface area contributed by atoms with Crippen LogP contribution in [0.15, 0.2) is 24.3 Å². The number of para-hydroxylation sites is 1. The molecule has 19 heavy (non-hydrogen) atoms. The van der Waals surface area contributed by atoms with E-state index in [1.807, 2.05) is 6.07 Å². The zero-order chi connectivity index (χ0) is 13.3. The maximum Gasteiger partial charge on any atom is 0.123 e. The second-order valence-corrected chi connectivity index (χ2v) is 6.07. The minimum atomic E-state index is 0.220. The first-order chi connectivity index (χ1) is 9.23. The third-order valence-corrected chi connectivity index (χ3v) is 4.92. The van der Waals surface area contributed by atoms with Crippen molar-refractivity contribution in [3.63, 3.8) is 0 Å². The van der Waals surface area contributed by atoms with Crippen LogP contribution < -0.4 is 10.5 Å². The Bertz CT molecular complexity index is 415. The zero-order valence-corrected chi connectivity index (χ0v) is 11.8. The lowest BCUT2D eigenvalue weighted by Gasteiger charge is -2.39. The molecule has 1 heterocycles. The second-order valence-electron chi connectivity index (χ2n) is 6.07. The summed E-state index contributed by atoms with van der Waals surface area (Å²) in [5, 5.41) is 0. The van der Waals surface area contributed by atoms with Crippen LogP contribution in [0.4, 0.5) is 0 Å². The fraction of sp³-hybridized carbons (Fsp3) is 0.625. The molecule has 1 unspecified atom stereocenters. The van der Waals surface area contributed by atoms with Gasteiger partial charge in [0.05, 0.1) is 0 Å². The van der Waals surface area contributed by atoms with Crippen molar-refractivity contribution in [2.45, 2.75) is 43.7 Å². The molecular weight excluding hydrogens is 236 g/mol. The maximum atomic E-state index is 6.05. The zero-order valence-electron chi connectivity index (χ0n) is 11.8. The van der Waals surface area contributed by atoms with Crippen LogP contribution in [0.25, 0.3) is 0 Å². The second kappa shape index (κ2) is 5.14. The van der Waals surface area contributed by atoms with E-state index in [9.17, 15) is 0 Å². The van der Waals surface area contributed by atoms with Crippen LogP contribution >= 0.6 is 0 Å². The lowest BCUT2D eigenvalue weighted by Crippen LogP contribution is -2.52. The van der Waals surface area contributed by atoms with Gasteiger partial charge in [-0.15, -0.1) is 0 Å². The molecule has 0 bridgehead atoms. The number of fused-ring (bicyclic) bond motifs is 1. The van der Waals surface area contributed by atoms with E-state index in [1.54, 1.807) is 0 Å². The lowest BCUT2D eigenvalue weighted by molar-refractivity contribution is 0.0805. The van der Waals surface area contributed by atoms with E-state index in [1.165, 1.54) is 31.2 Å². The van der Waals surface area contributed by atoms with E-state index in [0.717, 1.165) is 25.3 Å². The number of benzene rings is 1. The summed E-state index contributed by atoms with van der Waals surface area (Å²) in [6, 6.07) is 8.38. The van der Waals surface area contributed by atoms with Crippen molar-refractivity contribution in [2.75, 3.05) is 20.1 Å². The molecule has 2 N–H and O–H groups in total. The van der Waals surface area contributed by atoms with Crippen molar-refractivity contribution < 1.29 is 4.74 Å². The summed E-state index contributed by atoms with van der Waals surface area (Å²) in [7, 11) is 2.21. The highest BCUT2D eigenvalue weighted by molar-refractivity contribution is 5.37. The molecular formula is C16H24N2O. The van der Waals surface area contributed by atoms with Gasteiger partial charge in [-0.3, -0.25) is 4.90 Å². The number of rotatable bonds is 4. The van der Waals surface area contributed by atoms with Gasteiger partial charge < -0.3 is 10.5 Å². The molecule has 3 heteroatoms. The Morgan fingerprint density at radius 3 is 2.74 bits per heavy atom. The van der Waals surface area contributed by atoms with Crippen LogP contribution in [-0.2, 0) is 6.42 Å². The number of hydrogen-bond acceptors (Lipinski definition) is 3. The van der Waals surface area contributed by atoms with Crippen LogP contribution in [0.1, 0.15) is 31.2 Å². The first-order valence-electron chi connectivity index (χ1n) is 7.39. The van der Waals surface area contributed by atoms with Gasteiger partial charge in [0.2, 0.25) is 0 Å². The van der Waals surface area contributed by atoms with Crippen LogP contribution in [0.3, 0.4) is 0 Å². The molecule has 0 saturated heterocycles. The van der Waals surface area contributed by atoms with Crippen molar-refractivity contribution in [2.24, 2.45) is 5.73 Å². The quantitative estimate of drug-likeness (QED) is 0.902. The molecule has 2 aliphatic rings. The molecule has 1 aromatic rings. The number of nitrogens with two attached hydrogens (primary N) is 1. The van der Waals surface area contributed by atoms with Crippen molar-refractivity contribution in [1.29, 1.82) is 0 Å². The molecule has 1 atom stereocenters. The molecule has 0 aromatic heterocycles. The fourth-order valence-electron chi connectivity index (χ4n) is 3.63. The Morgan fingerprint density at radius 1 is 1.32 bits per heavy atom. The van der Waals surface area contributed by atoms with Gasteiger partial charge in [0.25, 0.3) is 0 Å². The number of hydrogen-bond donors (Lipinski definition) is 1. The molecule has 0 amide bonds. The normalized spacial score (nSPS) is 24.5. The topological polar surface area (TPSA) is 38.5 Å². The van der Waals surface area contributed by atoms with Crippen LogP contribution in [-0.4, -0.2) is 36.7 Å². The molecule has 1 aromatic carbocycles. The smallest absolute Gasteiger partial charge is 0.123 e. The van der Waals surface area contributed by atoms with Crippen LogP contribution in [0.5, 0.6) is 5.75 Å². The molecule has 104 valence electrons. The minimum absolute atomic E-state index is 0.220. The van der Waals surface area contributed by atoms with E-state index in [0.29, 0.717) is 0 Å². The molecule has 1 aliphatic heterocycles. The SMILES string of the molecule is CN(CC1Cc2ccccc2O1)C1(CN)CCCC1. The summed E-state index contributed by atoms with van der Waals surface area (Å²) in [5.74, 6) is 1.06. The van der Waals surface area contributed by atoms with Gasteiger partial charge in [0.1, 0.15) is 11.9 Å². The largest absolute Gasteiger partial charge is 0.488 e. The van der Waals surface area contributed by atoms with E-state index >= 15 is 0 Å². The monoisotopic (exact) mass is 260 g/mol. The van der Waals surface area contributed by atoms with Gasteiger partial charge in [0, 0.05) is 25.0 Å². The summed E-state index contributed by atoms with van der Waals surface area (Å²) >= 11 is 0.